The molecule has 18 heavy (non-hydrogen) atoms. The van der Waals surface area contributed by atoms with E-state index in [9.17, 15) is 0 Å². The molecular weight excluding hydrogens is 246 g/mol. The number of nitriles is 1. The van der Waals surface area contributed by atoms with Crippen molar-refractivity contribution < 1.29 is 0 Å². The molecule has 3 N–H and O–H groups in total. The van der Waals surface area contributed by atoms with Crippen molar-refractivity contribution in [3.05, 3.63) is 52.5 Å². The van der Waals surface area contributed by atoms with Crippen LogP contribution in [0.15, 0.2) is 36.4 Å². The van der Waals surface area contributed by atoms with E-state index in [2.05, 4.69) is 5.32 Å². The third kappa shape index (κ3) is 2.55. The highest BCUT2D eigenvalue weighted by Crippen LogP contribution is 2.27. The molecule has 0 amide bonds. The minimum absolute atomic E-state index is 0.450. The Labute approximate surface area is 111 Å². The molecule has 0 heterocycles. The zero-order chi connectivity index (χ0) is 13.1. The second-order valence-corrected chi connectivity index (χ2v) is 4.43. The molecular formula is C14H12ClN3. The summed E-state index contributed by atoms with van der Waals surface area (Å²) in [5.41, 5.74) is 9.39. The second kappa shape index (κ2) is 4.99. The minimum atomic E-state index is 0.450. The second-order valence-electron chi connectivity index (χ2n) is 4.02. The van der Waals surface area contributed by atoms with Crippen LogP contribution in [0.5, 0.6) is 0 Å². The van der Waals surface area contributed by atoms with Crippen LogP contribution in [0.3, 0.4) is 0 Å². The number of halogens is 1. The summed E-state index contributed by atoms with van der Waals surface area (Å²) in [5.74, 6) is 0. The molecule has 0 aliphatic carbocycles. The van der Waals surface area contributed by atoms with Crippen molar-refractivity contribution in [2.45, 2.75) is 6.92 Å². The van der Waals surface area contributed by atoms with E-state index < -0.39 is 0 Å². The Kier molecular flexibility index (Phi) is 3.40. The van der Waals surface area contributed by atoms with Crippen molar-refractivity contribution in [3.8, 4) is 6.07 Å². The fraction of sp³-hybridized carbons (Fsp3) is 0.0714. The van der Waals surface area contributed by atoms with Crippen LogP contribution in [0.2, 0.25) is 5.02 Å². The van der Waals surface area contributed by atoms with Crippen molar-refractivity contribution >= 4 is 28.7 Å². The van der Waals surface area contributed by atoms with Crippen LogP contribution in [0.1, 0.15) is 11.1 Å². The molecule has 2 aromatic carbocycles. The molecule has 0 radical (unpaired) electrons. The van der Waals surface area contributed by atoms with Crippen LogP contribution in [0.4, 0.5) is 17.1 Å². The SMILES string of the molecule is Cc1ccc(Nc2ccc(C#N)c(N)c2)c(Cl)c1. The van der Waals surface area contributed by atoms with E-state index in [0.29, 0.717) is 16.3 Å². The monoisotopic (exact) mass is 257 g/mol. The zero-order valence-corrected chi connectivity index (χ0v) is 10.6. The standard InChI is InChI=1S/C14H12ClN3/c1-9-2-5-14(12(15)6-9)18-11-4-3-10(8-16)13(17)7-11/h2-7,18H,17H2,1H3. The first-order valence-corrected chi connectivity index (χ1v) is 5.81. The van der Waals surface area contributed by atoms with Crippen molar-refractivity contribution in [2.24, 2.45) is 0 Å². The zero-order valence-electron chi connectivity index (χ0n) is 9.87. The summed E-state index contributed by atoms with van der Waals surface area (Å²) < 4.78 is 0. The number of nitrogens with two attached hydrogens (primary N) is 1. The predicted octanol–water partition coefficient (Wildman–Crippen LogP) is 3.85. The summed E-state index contributed by atoms with van der Waals surface area (Å²) >= 11 is 6.13. The first-order chi connectivity index (χ1) is 8.60. The van der Waals surface area contributed by atoms with Gasteiger partial charge < -0.3 is 11.1 Å². The number of nitrogens with zero attached hydrogens (tertiary/aromatic N) is 1. The summed E-state index contributed by atoms with van der Waals surface area (Å²) in [4.78, 5) is 0. The summed E-state index contributed by atoms with van der Waals surface area (Å²) in [6, 6.07) is 13.0. The Bertz CT molecular complexity index is 629. The van der Waals surface area contributed by atoms with Gasteiger partial charge in [-0.15, -0.1) is 0 Å². The number of aryl methyl sites for hydroxylation is 1. The highest BCUT2D eigenvalue weighted by Gasteiger charge is 2.03. The van der Waals surface area contributed by atoms with E-state index in [1.165, 1.54) is 0 Å². The summed E-state index contributed by atoms with van der Waals surface area (Å²) in [7, 11) is 0. The quantitative estimate of drug-likeness (QED) is 0.804. The van der Waals surface area contributed by atoms with Crippen LogP contribution in [-0.4, -0.2) is 0 Å². The van der Waals surface area contributed by atoms with E-state index in [-0.39, 0.29) is 0 Å². The van der Waals surface area contributed by atoms with Crippen molar-refractivity contribution in [3.63, 3.8) is 0 Å². The minimum Gasteiger partial charge on any atom is -0.398 e. The van der Waals surface area contributed by atoms with Gasteiger partial charge in [0.05, 0.1) is 22.0 Å². The number of rotatable bonds is 2. The number of nitrogen functional groups attached to an aromatic ring is 1. The lowest BCUT2D eigenvalue weighted by atomic mass is 10.1. The van der Waals surface area contributed by atoms with Crippen molar-refractivity contribution in [1.82, 2.24) is 0 Å². The maximum Gasteiger partial charge on any atom is 0.101 e. The van der Waals surface area contributed by atoms with Gasteiger partial charge in [0.15, 0.2) is 0 Å². The molecule has 0 aliphatic heterocycles. The molecule has 0 unspecified atom stereocenters. The van der Waals surface area contributed by atoms with Gasteiger partial charge in [-0.05, 0) is 42.8 Å². The average molecular weight is 258 g/mol. The smallest absolute Gasteiger partial charge is 0.101 e. The number of anilines is 3. The first kappa shape index (κ1) is 12.3. The molecule has 0 saturated heterocycles. The summed E-state index contributed by atoms with van der Waals surface area (Å²) in [5, 5.41) is 12.6. The Morgan fingerprint density at radius 3 is 2.61 bits per heavy atom. The van der Waals surface area contributed by atoms with Gasteiger partial charge >= 0.3 is 0 Å². The maximum atomic E-state index is 8.80. The molecule has 0 saturated carbocycles. The highest BCUT2D eigenvalue weighted by molar-refractivity contribution is 6.33. The molecule has 0 aliphatic rings. The van der Waals surface area contributed by atoms with E-state index in [1.807, 2.05) is 31.2 Å². The molecule has 4 heteroatoms. The van der Waals surface area contributed by atoms with Gasteiger partial charge in [0.1, 0.15) is 6.07 Å². The van der Waals surface area contributed by atoms with Gasteiger partial charge in [-0.2, -0.15) is 5.26 Å². The van der Waals surface area contributed by atoms with E-state index in [0.717, 1.165) is 16.9 Å². The number of nitrogens with one attached hydrogen (secondary N) is 1. The normalized spacial score (nSPS) is 9.83. The molecule has 3 nitrogen and oxygen atoms in total. The van der Waals surface area contributed by atoms with Gasteiger partial charge in [0.2, 0.25) is 0 Å². The molecule has 0 aromatic heterocycles. The van der Waals surface area contributed by atoms with E-state index in [1.54, 1.807) is 18.2 Å². The van der Waals surface area contributed by atoms with Crippen LogP contribution in [0.25, 0.3) is 0 Å². The van der Waals surface area contributed by atoms with E-state index >= 15 is 0 Å². The van der Waals surface area contributed by atoms with Gasteiger partial charge in [0, 0.05) is 5.69 Å². The van der Waals surface area contributed by atoms with Gasteiger partial charge in [-0.3, -0.25) is 0 Å². The third-order valence-corrected chi connectivity index (χ3v) is 2.89. The fourth-order valence-electron chi connectivity index (χ4n) is 1.62. The van der Waals surface area contributed by atoms with Crippen molar-refractivity contribution in [2.75, 3.05) is 11.1 Å². The fourth-order valence-corrected chi connectivity index (χ4v) is 1.90. The summed E-state index contributed by atoms with van der Waals surface area (Å²) in [6.07, 6.45) is 0. The predicted molar refractivity (Wildman–Crippen MR) is 75.0 cm³/mol. The molecule has 0 spiro atoms. The molecule has 2 aromatic rings. The topological polar surface area (TPSA) is 61.8 Å². The lowest BCUT2D eigenvalue weighted by molar-refractivity contribution is 1.45. The first-order valence-electron chi connectivity index (χ1n) is 5.43. The van der Waals surface area contributed by atoms with Crippen LogP contribution >= 0.6 is 11.6 Å². The largest absolute Gasteiger partial charge is 0.398 e. The van der Waals surface area contributed by atoms with Gasteiger partial charge in [-0.25, -0.2) is 0 Å². The molecule has 0 bridgehead atoms. The number of hydrogen-bond donors (Lipinski definition) is 2. The molecule has 0 fully saturated rings. The van der Waals surface area contributed by atoms with Gasteiger partial charge in [0.25, 0.3) is 0 Å². The van der Waals surface area contributed by atoms with Crippen LogP contribution < -0.4 is 11.1 Å². The molecule has 2 rings (SSSR count). The third-order valence-electron chi connectivity index (χ3n) is 2.58. The summed E-state index contributed by atoms with van der Waals surface area (Å²) in [6.45, 7) is 1.98. The Balaban J connectivity index is 2.29. The Hall–Kier alpha value is -2.18. The highest BCUT2D eigenvalue weighted by atomic mass is 35.5. The van der Waals surface area contributed by atoms with Crippen LogP contribution in [0, 0.1) is 18.3 Å². The number of benzene rings is 2. The van der Waals surface area contributed by atoms with Crippen molar-refractivity contribution in [1.29, 1.82) is 5.26 Å². The average Bonchev–Trinajstić information content (AvgIpc) is 2.33. The van der Waals surface area contributed by atoms with Crippen LogP contribution in [-0.2, 0) is 0 Å². The molecule has 90 valence electrons. The Morgan fingerprint density at radius 2 is 2.00 bits per heavy atom. The lowest BCUT2D eigenvalue weighted by Crippen LogP contribution is -1.95. The maximum absolute atomic E-state index is 8.80. The Morgan fingerprint density at radius 1 is 1.22 bits per heavy atom. The molecule has 0 atom stereocenters. The lowest BCUT2D eigenvalue weighted by Gasteiger charge is -2.10. The van der Waals surface area contributed by atoms with Gasteiger partial charge in [-0.1, -0.05) is 17.7 Å². The van der Waals surface area contributed by atoms with E-state index in [4.69, 9.17) is 22.6 Å². The number of hydrogen-bond acceptors (Lipinski definition) is 3.